The Morgan fingerprint density at radius 3 is 3.00 bits per heavy atom. The van der Waals surface area contributed by atoms with E-state index in [-0.39, 0.29) is 0 Å². The largest absolute Gasteiger partial charge is 0.497 e. The molecule has 2 aromatic rings. The molecule has 1 aromatic carbocycles. The third kappa shape index (κ3) is 2.49. The number of methoxy groups -OCH3 is 1. The van der Waals surface area contributed by atoms with Crippen LogP contribution in [0.3, 0.4) is 0 Å². The van der Waals surface area contributed by atoms with Gasteiger partial charge >= 0.3 is 5.97 Å². The van der Waals surface area contributed by atoms with Gasteiger partial charge in [-0.05, 0) is 12.1 Å². The number of hydrogen-bond acceptors (Lipinski definition) is 5. The highest BCUT2D eigenvalue weighted by Crippen LogP contribution is 2.28. The van der Waals surface area contributed by atoms with Crippen molar-refractivity contribution in [1.29, 1.82) is 0 Å². The van der Waals surface area contributed by atoms with E-state index in [2.05, 4.69) is 4.98 Å². The number of aliphatic carboxylic acids is 1. The molecule has 1 heterocycles. The maximum absolute atomic E-state index is 10.8. The molecule has 0 bridgehead atoms. The van der Waals surface area contributed by atoms with Gasteiger partial charge in [-0.1, -0.05) is 12.1 Å². The predicted molar refractivity (Wildman–Crippen MR) is 68.7 cm³/mol. The zero-order chi connectivity index (χ0) is 13.1. The lowest BCUT2D eigenvalue weighted by Crippen LogP contribution is -2.20. The van der Waals surface area contributed by atoms with Crippen molar-refractivity contribution >= 4 is 17.3 Å². The Balaban J connectivity index is 2.31. The zero-order valence-corrected chi connectivity index (χ0v) is 10.5. The van der Waals surface area contributed by atoms with Gasteiger partial charge in [0, 0.05) is 10.9 Å². The molecule has 0 spiro atoms. The van der Waals surface area contributed by atoms with E-state index in [0.717, 1.165) is 16.3 Å². The third-order valence-electron chi connectivity index (χ3n) is 2.42. The number of carboxylic acid groups (broad SMARTS) is 1. The molecule has 94 valence electrons. The standard InChI is InChI=1S/C12H12N2O3S/c1-17-8-4-2-3-7(5-8)11-14-9(6-18-11)10(13)12(15)16/h2-6,10H,13H2,1H3,(H,15,16). The molecule has 6 heteroatoms. The maximum Gasteiger partial charge on any atom is 0.326 e. The summed E-state index contributed by atoms with van der Waals surface area (Å²) in [5.74, 6) is -0.357. The smallest absolute Gasteiger partial charge is 0.326 e. The first kappa shape index (κ1) is 12.5. The summed E-state index contributed by atoms with van der Waals surface area (Å²) in [6.45, 7) is 0. The van der Waals surface area contributed by atoms with Gasteiger partial charge in [-0.15, -0.1) is 11.3 Å². The van der Waals surface area contributed by atoms with E-state index in [1.54, 1.807) is 12.5 Å². The highest BCUT2D eigenvalue weighted by Gasteiger charge is 2.18. The fourth-order valence-electron chi connectivity index (χ4n) is 1.44. The molecule has 0 amide bonds. The van der Waals surface area contributed by atoms with Crippen molar-refractivity contribution in [3.05, 3.63) is 35.3 Å². The van der Waals surface area contributed by atoms with Crippen LogP contribution in [0.25, 0.3) is 10.6 Å². The van der Waals surface area contributed by atoms with E-state index >= 15 is 0 Å². The van der Waals surface area contributed by atoms with Crippen LogP contribution in [-0.4, -0.2) is 23.2 Å². The van der Waals surface area contributed by atoms with Crippen LogP contribution in [0.5, 0.6) is 5.75 Å². The van der Waals surface area contributed by atoms with Crippen LogP contribution < -0.4 is 10.5 Å². The molecule has 5 nitrogen and oxygen atoms in total. The summed E-state index contributed by atoms with van der Waals surface area (Å²) in [6, 6.07) is 6.33. The maximum atomic E-state index is 10.8. The molecule has 0 radical (unpaired) electrons. The van der Waals surface area contributed by atoms with Crippen molar-refractivity contribution in [1.82, 2.24) is 4.98 Å². The van der Waals surface area contributed by atoms with Crippen molar-refractivity contribution in [2.75, 3.05) is 7.11 Å². The molecule has 0 saturated heterocycles. The Hall–Kier alpha value is -1.92. The number of aromatic nitrogens is 1. The number of rotatable bonds is 4. The first-order chi connectivity index (χ1) is 8.61. The van der Waals surface area contributed by atoms with Crippen LogP contribution in [0.1, 0.15) is 11.7 Å². The molecular formula is C12H12N2O3S. The quantitative estimate of drug-likeness (QED) is 0.881. The lowest BCUT2D eigenvalue weighted by Gasteiger charge is -2.02. The summed E-state index contributed by atoms with van der Waals surface area (Å²) in [7, 11) is 1.59. The van der Waals surface area contributed by atoms with Gasteiger partial charge in [0.25, 0.3) is 0 Å². The fraction of sp³-hybridized carbons (Fsp3) is 0.167. The molecular weight excluding hydrogens is 252 g/mol. The van der Waals surface area contributed by atoms with Gasteiger partial charge in [-0.3, -0.25) is 4.79 Å². The molecule has 18 heavy (non-hydrogen) atoms. The average Bonchev–Trinajstić information content (AvgIpc) is 2.87. The molecule has 0 aliphatic heterocycles. The molecule has 0 aliphatic rings. The van der Waals surface area contributed by atoms with Gasteiger partial charge in [-0.2, -0.15) is 0 Å². The Labute approximate surface area is 108 Å². The van der Waals surface area contributed by atoms with E-state index in [1.807, 2.05) is 24.3 Å². The Bertz CT molecular complexity index is 568. The molecule has 3 N–H and O–H groups in total. The SMILES string of the molecule is COc1cccc(-c2nc(C(N)C(=O)O)cs2)c1. The van der Waals surface area contributed by atoms with Crippen LogP contribution in [0.2, 0.25) is 0 Å². The Morgan fingerprint density at radius 2 is 2.33 bits per heavy atom. The van der Waals surface area contributed by atoms with Gasteiger partial charge in [0.1, 0.15) is 16.8 Å². The van der Waals surface area contributed by atoms with Gasteiger partial charge in [0.2, 0.25) is 0 Å². The number of nitrogens with two attached hydrogens (primary N) is 1. The number of benzene rings is 1. The molecule has 0 saturated carbocycles. The number of thiazole rings is 1. The zero-order valence-electron chi connectivity index (χ0n) is 9.66. The summed E-state index contributed by atoms with van der Waals surface area (Å²) in [4.78, 5) is 15.0. The molecule has 1 atom stereocenters. The second-order valence-electron chi connectivity index (χ2n) is 3.63. The summed E-state index contributed by atoms with van der Waals surface area (Å²) in [5.41, 5.74) is 6.75. The van der Waals surface area contributed by atoms with Gasteiger partial charge in [0.15, 0.2) is 0 Å². The molecule has 0 aliphatic carbocycles. The van der Waals surface area contributed by atoms with E-state index in [0.29, 0.717) is 5.69 Å². The Morgan fingerprint density at radius 1 is 1.56 bits per heavy atom. The van der Waals surface area contributed by atoms with Crippen LogP contribution in [0.15, 0.2) is 29.6 Å². The van der Waals surface area contributed by atoms with Gasteiger partial charge in [0.05, 0.1) is 12.8 Å². The highest BCUT2D eigenvalue weighted by atomic mass is 32.1. The van der Waals surface area contributed by atoms with Crippen molar-refractivity contribution in [3.8, 4) is 16.3 Å². The first-order valence-electron chi connectivity index (χ1n) is 5.20. The summed E-state index contributed by atoms with van der Waals surface area (Å²) in [6.07, 6.45) is 0. The molecule has 2 rings (SSSR count). The van der Waals surface area contributed by atoms with E-state index in [9.17, 15) is 4.79 Å². The van der Waals surface area contributed by atoms with Gasteiger partial charge in [-0.25, -0.2) is 4.98 Å². The van der Waals surface area contributed by atoms with Crippen molar-refractivity contribution < 1.29 is 14.6 Å². The van der Waals surface area contributed by atoms with E-state index in [1.165, 1.54) is 11.3 Å². The van der Waals surface area contributed by atoms with Crippen molar-refractivity contribution in [3.63, 3.8) is 0 Å². The summed E-state index contributed by atoms with van der Waals surface area (Å²) < 4.78 is 5.13. The van der Waals surface area contributed by atoms with E-state index in [4.69, 9.17) is 15.6 Å². The highest BCUT2D eigenvalue weighted by molar-refractivity contribution is 7.13. The second kappa shape index (κ2) is 5.16. The monoisotopic (exact) mass is 264 g/mol. The Kier molecular flexibility index (Phi) is 3.59. The van der Waals surface area contributed by atoms with Crippen LogP contribution in [0.4, 0.5) is 0 Å². The minimum atomic E-state index is -1.09. The summed E-state index contributed by atoms with van der Waals surface area (Å²) >= 11 is 1.36. The molecule has 1 aromatic heterocycles. The van der Waals surface area contributed by atoms with Crippen LogP contribution >= 0.6 is 11.3 Å². The van der Waals surface area contributed by atoms with Crippen LogP contribution in [-0.2, 0) is 4.79 Å². The minimum Gasteiger partial charge on any atom is -0.497 e. The second-order valence-corrected chi connectivity index (χ2v) is 4.48. The first-order valence-corrected chi connectivity index (χ1v) is 6.08. The summed E-state index contributed by atoms with van der Waals surface area (Å²) in [5, 5.41) is 11.2. The normalized spacial score (nSPS) is 12.1. The molecule has 0 fully saturated rings. The fourth-order valence-corrected chi connectivity index (χ4v) is 2.30. The molecule has 1 unspecified atom stereocenters. The topological polar surface area (TPSA) is 85.4 Å². The van der Waals surface area contributed by atoms with E-state index < -0.39 is 12.0 Å². The number of nitrogens with zero attached hydrogens (tertiary/aromatic N) is 1. The number of carboxylic acids is 1. The number of hydrogen-bond donors (Lipinski definition) is 2. The van der Waals surface area contributed by atoms with Crippen molar-refractivity contribution in [2.45, 2.75) is 6.04 Å². The van der Waals surface area contributed by atoms with Crippen LogP contribution in [0, 0.1) is 0 Å². The lowest BCUT2D eigenvalue weighted by molar-refractivity contribution is -0.138. The number of ether oxygens (including phenoxy) is 1. The number of carbonyl (C=O) groups is 1. The minimum absolute atomic E-state index is 0.366. The third-order valence-corrected chi connectivity index (χ3v) is 3.33. The van der Waals surface area contributed by atoms with Crippen molar-refractivity contribution in [2.24, 2.45) is 5.73 Å². The predicted octanol–water partition coefficient (Wildman–Crippen LogP) is 1.90. The van der Waals surface area contributed by atoms with Gasteiger partial charge < -0.3 is 15.6 Å². The lowest BCUT2D eigenvalue weighted by atomic mass is 10.2. The average molecular weight is 264 g/mol.